The van der Waals surface area contributed by atoms with Gasteiger partial charge in [0.1, 0.15) is 5.65 Å². The molecule has 0 amide bonds. The summed E-state index contributed by atoms with van der Waals surface area (Å²) in [7, 11) is 0. The minimum Gasteiger partial charge on any atom is -0.293 e. The van der Waals surface area contributed by atoms with Crippen molar-refractivity contribution in [3.05, 3.63) is 128 Å². The van der Waals surface area contributed by atoms with Crippen molar-refractivity contribution in [2.45, 2.75) is 0 Å². The second-order valence-electron chi connectivity index (χ2n) is 10.2. The molecule has 0 saturated heterocycles. The Balaban J connectivity index is 1.33. The molecule has 3 nitrogen and oxygen atoms in total. The van der Waals surface area contributed by atoms with Gasteiger partial charge >= 0.3 is 0 Å². The van der Waals surface area contributed by atoms with Gasteiger partial charge in [0.25, 0.3) is 0 Å². The van der Waals surface area contributed by atoms with E-state index in [1.54, 1.807) is 0 Å². The van der Waals surface area contributed by atoms with Crippen molar-refractivity contribution in [1.82, 2.24) is 14.5 Å². The van der Waals surface area contributed by atoms with Gasteiger partial charge in [-0.25, -0.2) is 4.98 Å². The number of hydrogen-bond acceptors (Lipinski definition) is 2. The van der Waals surface area contributed by atoms with E-state index < -0.39 is 0 Å². The van der Waals surface area contributed by atoms with E-state index in [-0.39, 0.29) is 0 Å². The normalized spacial score (nSPS) is 12.1. The van der Waals surface area contributed by atoms with Crippen LogP contribution in [0.4, 0.5) is 0 Å². The third kappa shape index (κ3) is 2.76. The van der Waals surface area contributed by atoms with Crippen molar-refractivity contribution >= 4 is 43.6 Å². The summed E-state index contributed by atoms with van der Waals surface area (Å²) in [5.41, 5.74) is 11.9. The number of rotatable bonds is 2. The lowest BCUT2D eigenvalue weighted by atomic mass is 9.94. The summed E-state index contributed by atoms with van der Waals surface area (Å²) < 4.78 is 2.30. The second-order valence-corrected chi connectivity index (χ2v) is 10.2. The van der Waals surface area contributed by atoms with Crippen LogP contribution in [0.1, 0.15) is 0 Å². The molecule has 180 valence electrons. The van der Waals surface area contributed by atoms with Crippen LogP contribution in [0, 0.1) is 0 Å². The van der Waals surface area contributed by atoms with Crippen LogP contribution >= 0.6 is 0 Å². The fourth-order valence-corrected chi connectivity index (χ4v) is 6.61. The Kier molecular flexibility index (Phi) is 4.05. The number of fused-ring (bicyclic) bond motifs is 8. The van der Waals surface area contributed by atoms with Crippen LogP contribution in [-0.2, 0) is 0 Å². The quantitative estimate of drug-likeness (QED) is 0.239. The largest absolute Gasteiger partial charge is 0.293 e. The monoisotopic (exact) mass is 495 g/mol. The molecule has 1 aliphatic rings. The number of nitrogens with zero attached hydrogens (tertiary/aromatic N) is 3. The Morgan fingerprint density at radius 3 is 2.08 bits per heavy atom. The Morgan fingerprint density at radius 1 is 0.462 bits per heavy atom. The van der Waals surface area contributed by atoms with Gasteiger partial charge in [-0.1, -0.05) is 66.7 Å². The summed E-state index contributed by atoms with van der Waals surface area (Å²) in [6.07, 6.45) is 3.73. The van der Waals surface area contributed by atoms with Gasteiger partial charge in [0, 0.05) is 34.2 Å². The summed E-state index contributed by atoms with van der Waals surface area (Å²) in [6.45, 7) is 0. The molecule has 39 heavy (non-hydrogen) atoms. The lowest BCUT2D eigenvalue weighted by molar-refractivity contribution is 1.14. The third-order valence-electron chi connectivity index (χ3n) is 8.23. The van der Waals surface area contributed by atoms with Crippen molar-refractivity contribution in [2.24, 2.45) is 0 Å². The van der Waals surface area contributed by atoms with Crippen molar-refractivity contribution in [1.29, 1.82) is 0 Å². The van der Waals surface area contributed by atoms with Crippen molar-refractivity contribution < 1.29 is 0 Å². The van der Waals surface area contributed by atoms with Crippen LogP contribution in [0.5, 0.6) is 0 Å². The van der Waals surface area contributed by atoms with E-state index >= 15 is 0 Å². The van der Waals surface area contributed by atoms with Gasteiger partial charge in [0.15, 0.2) is 0 Å². The van der Waals surface area contributed by atoms with Crippen LogP contribution in [0.25, 0.3) is 82.7 Å². The molecule has 0 bridgehead atoms. The highest BCUT2D eigenvalue weighted by atomic mass is 15.0. The number of benzene rings is 5. The number of pyridine rings is 2. The summed E-state index contributed by atoms with van der Waals surface area (Å²) in [5, 5.41) is 6.09. The van der Waals surface area contributed by atoms with Crippen molar-refractivity contribution in [2.75, 3.05) is 0 Å². The maximum atomic E-state index is 4.85. The first kappa shape index (κ1) is 20.7. The second kappa shape index (κ2) is 7.62. The molecule has 0 fully saturated rings. The molecule has 3 heteroatoms. The van der Waals surface area contributed by atoms with Gasteiger partial charge in [-0.3, -0.25) is 9.55 Å². The maximum Gasteiger partial charge on any atom is 0.145 e. The molecule has 0 unspecified atom stereocenters. The molecule has 9 rings (SSSR count). The van der Waals surface area contributed by atoms with Crippen LogP contribution < -0.4 is 0 Å². The number of aromatic nitrogens is 3. The Bertz CT molecular complexity index is 2260. The maximum absolute atomic E-state index is 4.85. The average Bonchev–Trinajstić information content (AvgIpc) is 3.52. The molecule has 0 atom stereocenters. The minimum absolute atomic E-state index is 0.955. The highest BCUT2D eigenvalue weighted by Crippen LogP contribution is 2.49. The SMILES string of the molecule is c1cc(-c2ccc3c4c(cccc24)-c2ccccc2-3)cc(-n2c3ncccc3c3ccc4ncccc4c32)c1. The molecule has 0 saturated carbocycles. The topological polar surface area (TPSA) is 30.7 Å². The highest BCUT2D eigenvalue weighted by Gasteiger charge is 2.22. The van der Waals surface area contributed by atoms with E-state index in [0.29, 0.717) is 0 Å². The Hall–Kier alpha value is -5.28. The van der Waals surface area contributed by atoms with E-state index in [2.05, 4.69) is 113 Å². The summed E-state index contributed by atoms with van der Waals surface area (Å²) in [4.78, 5) is 9.49. The highest BCUT2D eigenvalue weighted by molar-refractivity contribution is 6.19. The Morgan fingerprint density at radius 2 is 1.18 bits per heavy atom. The molecular formula is C36H21N3. The smallest absolute Gasteiger partial charge is 0.145 e. The molecule has 0 N–H and O–H groups in total. The first-order chi connectivity index (χ1) is 19.4. The van der Waals surface area contributed by atoms with E-state index in [1.807, 2.05) is 24.5 Å². The molecule has 3 aromatic heterocycles. The minimum atomic E-state index is 0.955. The zero-order valence-electron chi connectivity index (χ0n) is 21.0. The average molecular weight is 496 g/mol. The molecule has 1 aliphatic carbocycles. The molecule has 5 aromatic carbocycles. The van der Waals surface area contributed by atoms with Crippen molar-refractivity contribution in [3.63, 3.8) is 0 Å². The van der Waals surface area contributed by atoms with Crippen molar-refractivity contribution in [3.8, 4) is 39.1 Å². The van der Waals surface area contributed by atoms with Gasteiger partial charge < -0.3 is 0 Å². The molecular weight excluding hydrogens is 474 g/mol. The van der Waals surface area contributed by atoms with Gasteiger partial charge in [0.05, 0.1) is 11.0 Å². The molecule has 0 spiro atoms. The fraction of sp³-hybridized carbons (Fsp3) is 0. The third-order valence-corrected chi connectivity index (χ3v) is 8.23. The summed E-state index contributed by atoms with van der Waals surface area (Å²) in [6, 6.07) is 41.5. The van der Waals surface area contributed by atoms with Crippen LogP contribution in [0.2, 0.25) is 0 Å². The Labute approximate surface area is 224 Å². The van der Waals surface area contributed by atoms with Gasteiger partial charge in [-0.2, -0.15) is 0 Å². The fourth-order valence-electron chi connectivity index (χ4n) is 6.61. The standard InChI is InChI=1S/C36H21N3/c1-2-10-26-25(9-1)28-12-4-11-27-24(15-16-29(26)34(27)28)22-7-3-8-23(21-22)39-35-30(31-13-5-20-38-36(31)39)17-18-33-32(35)14-6-19-37-33/h1-21H. The van der Waals surface area contributed by atoms with Crippen LogP contribution in [-0.4, -0.2) is 14.5 Å². The van der Waals surface area contributed by atoms with E-state index in [4.69, 9.17) is 4.98 Å². The van der Waals surface area contributed by atoms with Gasteiger partial charge in [-0.05, 0) is 92.7 Å². The van der Waals surface area contributed by atoms with Crippen LogP contribution in [0.3, 0.4) is 0 Å². The van der Waals surface area contributed by atoms with Crippen LogP contribution in [0.15, 0.2) is 128 Å². The molecule has 8 aromatic rings. The lowest BCUT2D eigenvalue weighted by Gasteiger charge is -2.13. The first-order valence-corrected chi connectivity index (χ1v) is 13.3. The lowest BCUT2D eigenvalue weighted by Crippen LogP contribution is -1.97. The predicted octanol–water partition coefficient (Wildman–Crippen LogP) is 9.19. The van der Waals surface area contributed by atoms with E-state index in [9.17, 15) is 0 Å². The summed E-state index contributed by atoms with van der Waals surface area (Å²) in [5.74, 6) is 0. The first-order valence-electron chi connectivity index (χ1n) is 13.3. The van der Waals surface area contributed by atoms with Gasteiger partial charge in [-0.15, -0.1) is 0 Å². The zero-order chi connectivity index (χ0) is 25.5. The van der Waals surface area contributed by atoms with E-state index in [0.717, 1.165) is 33.1 Å². The van der Waals surface area contributed by atoms with Gasteiger partial charge in [0.2, 0.25) is 0 Å². The molecule has 0 aliphatic heterocycles. The summed E-state index contributed by atoms with van der Waals surface area (Å²) >= 11 is 0. The molecule has 3 heterocycles. The number of hydrogen-bond donors (Lipinski definition) is 0. The molecule has 0 radical (unpaired) electrons. The predicted molar refractivity (Wildman–Crippen MR) is 161 cm³/mol. The zero-order valence-corrected chi connectivity index (χ0v) is 21.0. The van der Waals surface area contributed by atoms with E-state index in [1.165, 1.54) is 49.5 Å².